The quantitative estimate of drug-likeness (QED) is 0.312. The van der Waals surface area contributed by atoms with Gasteiger partial charge in [-0.1, -0.05) is 66.7 Å². The molecule has 4 rings (SSSR count). The molecule has 0 saturated carbocycles. The molecule has 152 valence electrons. The van der Waals surface area contributed by atoms with Crippen LogP contribution in [0.2, 0.25) is 0 Å². The summed E-state index contributed by atoms with van der Waals surface area (Å²) in [6.07, 6.45) is 4.03. The number of ether oxygens (including phenoxy) is 1. The van der Waals surface area contributed by atoms with Gasteiger partial charge in [-0.05, 0) is 46.4 Å². The van der Waals surface area contributed by atoms with E-state index in [1.807, 2.05) is 42.5 Å². The Labute approximate surface area is 175 Å². The molecule has 5 heteroatoms. The van der Waals surface area contributed by atoms with Crippen LogP contribution in [0.25, 0.3) is 17.2 Å². The molecule has 1 aliphatic rings. The van der Waals surface area contributed by atoms with E-state index < -0.39 is 6.09 Å². The van der Waals surface area contributed by atoms with E-state index in [1.165, 1.54) is 22.3 Å². The first-order valence-electron chi connectivity index (χ1n) is 9.97. The van der Waals surface area contributed by atoms with Gasteiger partial charge in [0.25, 0.3) is 0 Å². The van der Waals surface area contributed by atoms with Gasteiger partial charge in [-0.25, -0.2) is 4.79 Å². The van der Waals surface area contributed by atoms with Crippen molar-refractivity contribution in [1.82, 2.24) is 5.32 Å². The summed E-state index contributed by atoms with van der Waals surface area (Å²) >= 11 is 0. The van der Waals surface area contributed by atoms with Crippen LogP contribution in [-0.4, -0.2) is 24.4 Å². The third-order valence-electron chi connectivity index (χ3n) is 5.29. The van der Waals surface area contributed by atoms with Crippen molar-refractivity contribution in [3.05, 3.63) is 89.5 Å². The smallest absolute Gasteiger partial charge is 0.407 e. The standard InChI is InChI=1S/C25H24N2O3/c26-23-13-12-17(15-24(23)28)7-5-6-14-27-25(29)30-16-22-20-10-3-1-8-18(20)19-9-2-4-11-21(19)22/h1-5,7-13,15,22,28H,6,14,16,26H2,(H,27,29). The molecule has 3 aromatic carbocycles. The average molecular weight is 400 g/mol. The van der Waals surface area contributed by atoms with E-state index >= 15 is 0 Å². The molecule has 1 amide bonds. The van der Waals surface area contributed by atoms with Crippen LogP contribution in [-0.2, 0) is 4.74 Å². The lowest BCUT2D eigenvalue weighted by atomic mass is 9.98. The minimum atomic E-state index is -0.421. The second-order valence-corrected chi connectivity index (χ2v) is 7.26. The van der Waals surface area contributed by atoms with Crippen molar-refractivity contribution in [3.63, 3.8) is 0 Å². The first-order chi connectivity index (χ1) is 14.6. The van der Waals surface area contributed by atoms with Crippen molar-refractivity contribution in [2.45, 2.75) is 12.3 Å². The molecule has 0 saturated heterocycles. The lowest BCUT2D eigenvalue weighted by Gasteiger charge is -2.14. The Morgan fingerprint density at radius 1 is 1.03 bits per heavy atom. The maximum atomic E-state index is 12.1. The minimum absolute atomic E-state index is 0.0567. The van der Waals surface area contributed by atoms with Gasteiger partial charge in [0.1, 0.15) is 12.4 Å². The maximum Gasteiger partial charge on any atom is 0.407 e. The number of benzene rings is 3. The predicted octanol–water partition coefficient (Wildman–Crippen LogP) is 4.92. The van der Waals surface area contributed by atoms with Crippen LogP contribution in [0.15, 0.2) is 72.8 Å². The van der Waals surface area contributed by atoms with Gasteiger partial charge in [-0.2, -0.15) is 0 Å². The second-order valence-electron chi connectivity index (χ2n) is 7.26. The number of amides is 1. The average Bonchev–Trinajstić information content (AvgIpc) is 3.08. The normalized spacial score (nSPS) is 12.5. The SMILES string of the molecule is Nc1ccc(C=CCCNC(=O)OCC2c3ccccc3-c3ccccc32)cc1O. The third-order valence-corrected chi connectivity index (χ3v) is 5.29. The molecule has 30 heavy (non-hydrogen) atoms. The van der Waals surface area contributed by atoms with Crippen molar-refractivity contribution in [2.24, 2.45) is 0 Å². The Morgan fingerprint density at radius 2 is 1.70 bits per heavy atom. The molecular formula is C25H24N2O3. The van der Waals surface area contributed by atoms with E-state index in [-0.39, 0.29) is 11.7 Å². The number of anilines is 1. The molecule has 0 bridgehead atoms. The van der Waals surface area contributed by atoms with Crippen LogP contribution in [0.1, 0.15) is 29.0 Å². The largest absolute Gasteiger partial charge is 0.506 e. The van der Waals surface area contributed by atoms with Gasteiger partial charge in [0, 0.05) is 12.5 Å². The molecule has 4 N–H and O–H groups in total. The zero-order chi connectivity index (χ0) is 20.9. The first-order valence-corrected chi connectivity index (χ1v) is 9.97. The zero-order valence-electron chi connectivity index (χ0n) is 16.5. The maximum absolute atomic E-state index is 12.1. The number of phenolic OH excluding ortho intramolecular Hbond substituents is 1. The van der Waals surface area contributed by atoms with Gasteiger partial charge in [0.15, 0.2) is 0 Å². The van der Waals surface area contributed by atoms with Crippen molar-refractivity contribution < 1.29 is 14.6 Å². The lowest BCUT2D eigenvalue weighted by molar-refractivity contribution is 0.143. The predicted molar refractivity (Wildman–Crippen MR) is 119 cm³/mol. The fourth-order valence-corrected chi connectivity index (χ4v) is 3.79. The molecule has 0 radical (unpaired) electrons. The molecule has 0 unspecified atom stereocenters. The van der Waals surface area contributed by atoms with Crippen molar-refractivity contribution >= 4 is 17.9 Å². The van der Waals surface area contributed by atoms with Gasteiger partial charge in [-0.3, -0.25) is 0 Å². The number of carbonyl (C=O) groups is 1. The third kappa shape index (κ3) is 4.15. The number of hydrogen-bond donors (Lipinski definition) is 3. The van der Waals surface area contributed by atoms with E-state index in [9.17, 15) is 9.90 Å². The molecule has 0 fully saturated rings. The van der Waals surface area contributed by atoms with Crippen LogP contribution in [0.4, 0.5) is 10.5 Å². The van der Waals surface area contributed by atoms with Crippen molar-refractivity contribution in [3.8, 4) is 16.9 Å². The number of phenols is 1. The molecule has 5 nitrogen and oxygen atoms in total. The first kappa shape index (κ1) is 19.6. The van der Waals surface area contributed by atoms with Crippen LogP contribution in [0, 0.1) is 0 Å². The highest BCUT2D eigenvalue weighted by atomic mass is 16.5. The highest BCUT2D eigenvalue weighted by Crippen LogP contribution is 2.44. The van der Waals surface area contributed by atoms with Crippen LogP contribution in [0.5, 0.6) is 5.75 Å². The fraction of sp³-hybridized carbons (Fsp3) is 0.160. The highest BCUT2D eigenvalue weighted by molar-refractivity contribution is 5.79. The molecule has 0 heterocycles. The van der Waals surface area contributed by atoms with E-state index in [2.05, 4.69) is 29.6 Å². The summed E-state index contributed by atoms with van der Waals surface area (Å²) in [4.78, 5) is 12.1. The number of aromatic hydroxyl groups is 1. The Hall–Kier alpha value is -3.73. The van der Waals surface area contributed by atoms with Crippen LogP contribution < -0.4 is 11.1 Å². The zero-order valence-corrected chi connectivity index (χ0v) is 16.5. The Balaban J connectivity index is 1.27. The van der Waals surface area contributed by atoms with E-state index in [1.54, 1.807) is 12.1 Å². The molecule has 0 atom stereocenters. The van der Waals surface area contributed by atoms with E-state index in [4.69, 9.17) is 10.5 Å². The summed E-state index contributed by atoms with van der Waals surface area (Å²) in [6.45, 7) is 0.772. The summed E-state index contributed by atoms with van der Waals surface area (Å²) in [6, 6.07) is 21.6. The van der Waals surface area contributed by atoms with Gasteiger partial charge < -0.3 is 20.9 Å². The van der Waals surface area contributed by atoms with E-state index in [0.29, 0.717) is 25.3 Å². The fourth-order valence-electron chi connectivity index (χ4n) is 3.79. The molecule has 0 aliphatic heterocycles. The Kier molecular flexibility index (Phi) is 5.70. The van der Waals surface area contributed by atoms with Gasteiger partial charge in [0.2, 0.25) is 0 Å². The number of rotatable bonds is 6. The second kappa shape index (κ2) is 8.74. The minimum Gasteiger partial charge on any atom is -0.506 e. The van der Waals surface area contributed by atoms with Crippen LogP contribution >= 0.6 is 0 Å². The lowest BCUT2D eigenvalue weighted by Crippen LogP contribution is -2.26. The number of alkyl carbamates (subject to hydrolysis) is 1. The number of nitrogens with one attached hydrogen (secondary N) is 1. The van der Waals surface area contributed by atoms with E-state index in [0.717, 1.165) is 5.56 Å². The van der Waals surface area contributed by atoms with Gasteiger partial charge in [-0.15, -0.1) is 0 Å². The van der Waals surface area contributed by atoms with Crippen LogP contribution in [0.3, 0.4) is 0 Å². The van der Waals surface area contributed by atoms with Gasteiger partial charge >= 0.3 is 6.09 Å². The number of nitrogens with two attached hydrogens (primary N) is 1. The van der Waals surface area contributed by atoms with Gasteiger partial charge in [0.05, 0.1) is 5.69 Å². The summed E-state index contributed by atoms with van der Waals surface area (Å²) in [5, 5.41) is 12.4. The number of carbonyl (C=O) groups excluding carboxylic acids is 1. The molecule has 0 aromatic heterocycles. The highest BCUT2D eigenvalue weighted by Gasteiger charge is 2.28. The summed E-state index contributed by atoms with van der Waals surface area (Å²) in [5.74, 6) is 0.121. The molecular weight excluding hydrogens is 376 g/mol. The number of hydrogen-bond acceptors (Lipinski definition) is 4. The topological polar surface area (TPSA) is 84.6 Å². The molecule has 0 spiro atoms. The molecule has 3 aromatic rings. The number of fused-ring (bicyclic) bond motifs is 3. The summed E-state index contributed by atoms with van der Waals surface area (Å²) < 4.78 is 5.51. The number of nitrogen functional groups attached to an aromatic ring is 1. The van der Waals surface area contributed by atoms with Crippen molar-refractivity contribution in [2.75, 3.05) is 18.9 Å². The Bertz CT molecular complexity index is 1050. The van der Waals surface area contributed by atoms with Crippen molar-refractivity contribution in [1.29, 1.82) is 0 Å². The summed E-state index contributed by atoms with van der Waals surface area (Å²) in [5.41, 5.74) is 11.6. The summed E-state index contributed by atoms with van der Waals surface area (Å²) in [7, 11) is 0. The monoisotopic (exact) mass is 400 g/mol. The Morgan fingerprint density at radius 3 is 2.37 bits per heavy atom. The molecule has 1 aliphatic carbocycles.